The predicted molar refractivity (Wildman–Crippen MR) is 93.1 cm³/mol. The molecule has 0 heterocycles. The smallest absolute Gasteiger partial charge is 0.227 e. The van der Waals surface area contributed by atoms with Crippen molar-refractivity contribution >= 4 is 5.91 Å². The van der Waals surface area contributed by atoms with E-state index in [4.69, 9.17) is 0 Å². The number of nitrogens with zero attached hydrogens (tertiary/aromatic N) is 1. The second kappa shape index (κ2) is 5.96. The van der Waals surface area contributed by atoms with Gasteiger partial charge < -0.3 is 4.90 Å². The highest BCUT2D eigenvalue weighted by Crippen LogP contribution is 2.55. The fourth-order valence-electron chi connectivity index (χ4n) is 6.03. The van der Waals surface area contributed by atoms with Crippen molar-refractivity contribution in [3.63, 3.8) is 0 Å². The molecule has 5 rings (SSSR count). The Kier molecular flexibility index (Phi) is 3.95. The van der Waals surface area contributed by atoms with Crippen LogP contribution < -0.4 is 0 Å². The molecular formula is C21H29NO. The van der Waals surface area contributed by atoms with E-state index >= 15 is 0 Å². The SMILES string of the molecule is CCN(C(=O)Cc1ccccc1C)C1C2CC3CC(C2)CC1C3. The lowest BCUT2D eigenvalue weighted by molar-refractivity contribution is -0.142. The Morgan fingerprint density at radius 2 is 1.65 bits per heavy atom. The third-order valence-corrected chi connectivity index (χ3v) is 6.80. The molecule has 23 heavy (non-hydrogen) atoms. The summed E-state index contributed by atoms with van der Waals surface area (Å²) in [7, 11) is 0. The van der Waals surface area contributed by atoms with Gasteiger partial charge >= 0.3 is 0 Å². The van der Waals surface area contributed by atoms with Crippen LogP contribution in [0.5, 0.6) is 0 Å². The average molecular weight is 311 g/mol. The number of hydrogen-bond donors (Lipinski definition) is 0. The average Bonchev–Trinajstić information content (AvgIpc) is 2.52. The van der Waals surface area contributed by atoms with Gasteiger partial charge in [-0.15, -0.1) is 0 Å². The van der Waals surface area contributed by atoms with Gasteiger partial charge in [-0.3, -0.25) is 4.79 Å². The van der Waals surface area contributed by atoms with Crippen molar-refractivity contribution in [2.24, 2.45) is 23.7 Å². The maximum Gasteiger partial charge on any atom is 0.227 e. The van der Waals surface area contributed by atoms with Gasteiger partial charge in [0.2, 0.25) is 5.91 Å². The third-order valence-electron chi connectivity index (χ3n) is 6.80. The summed E-state index contributed by atoms with van der Waals surface area (Å²) in [6, 6.07) is 8.86. The molecule has 124 valence electrons. The lowest BCUT2D eigenvalue weighted by Crippen LogP contribution is -2.57. The van der Waals surface area contributed by atoms with Crippen LogP contribution in [0.3, 0.4) is 0 Å². The van der Waals surface area contributed by atoms with Crippen LogP contribution in [0.4, 0.5) is 0 Å². The molecule has 4 aliphatic rings. The van der Waals surface area contributed by atoms with Crippen molar-refractivity contribution in [2.75, 3.05) is 6.54 Å². The Morgan fingerprint density at radius 1 is 1.04 bits per heavy atom. The first kappa shape index (κ1) is 15.2. The van der Waals surface area contributed by atoms with E-state index in [2.05, 4.69) is 43.0 Å². The van der Waals surface area contributed by atoms with E-state index in [0.717, 1.165) is 30.2 Å². The number of carbonyl (C=O) groups excluding carboxylic acids is 1. The number of hydrogen-bond acceptors (Lipinski definition) is 1. The van der Waals surface area contributed by atoms with E-state index in [-0.39, 0.29) is 0 Å². The second-order valence-electron chi connectivity index (χ2n) is 8.20. The van der Waals surface area contributed by atoms with Crippen molar-refractivity contribution in [1.82, 2.24) is 4.90 Å². The summed E-state index contributed by atoms with van der Waals surface area (Å²) in [6.45, 7) is 5.15. The normalized spacial score (nSPS) is 34.6. The molecule has 2 nitrogen and oxygen atoms in total. The van der Waals surface area contributed by atoms with Gasteiger partial charge in [-0.05, 0) is 80.8 Å². The summed E-state index contributed by atoms with van der Waals surface area (Å²) >= 11 is 0. The van der Waals surface area contributed by atoms with E-state index in [1.165, 1.54) is 43.2 Å². The molecule has 0 saturated heterocycles. The van der Waals surface area contributed by atoms with Crippen LogP contribution in [0.25, 0.3) is 0 Å². The number of carbonyl (C=O) groups is 1. The number of rotatable bonds is 4. The number of aryl methyl sites for hydroxylation is 1. The first-order valence-corrected chi connectivity index (χ1v) is 9.49. The minimum absolute atomic E-state index is 0.347. The summed E-state index contributed by atoms with van der Waals surface area (Å²) in [5, 5.41) is 0. The molecule has 0 aliphatic heterocycles. The molecule has 4 aliphatic carbocycles. The summed E-state index contributed by atoms with van der Waals surface area (Å²) in [4.78, 5) is 15.3. The summed E-state index contributed by atoms with van der Waals surface area (Å²) in [5.41, 5.74) is 2.43. The molecular weight excluding hydrogens is 282 g/mol. The molecule has 4 saturated carbocycles. The third kappa shape index (κ3) is 2.70. The molecule has 0 spiro atoms. The van der Waals surface area contributed by atoms with Gasteiger partial charge in [-0.25, -0.2) is 0 Å². The highest BCUT2D eigenvalue weighted by atomic mass is 16.2. The second-order valence-corrected chi connectivity index (χ2v) is 8.20. The largest absolute Gasteiger partial charge is 0.339 e. The lowest BCUT2D eigenvalue weighted by Gasteiger charge is -2.57. The van der Waals surface area contributed by atoms with E-state index in [0.29, 0.717) is 18.4 Å². The van der Waals surface area contributed by atoms with Crippen molar-refractivity contribution < 1.29 is 4.79 Å². The zero-order valence-corrected chi connectivity index (χ0v) is 14.5. The number of likely N-dealkylation sites (N-methyl/N-ethyl adjacent to an activating group) is 1. The van der Waals surface area contributed by atoms with Crippen LogP contribution in [-0.4, -0.2) is 23.4 Å². The molecule has 1 amide bonds. The fourth-order valence-corrected chi connectivity index (χ4v) is 6.03. The fraction of sp³-hybridized carbons (Fsp3) is 0.667. The van der Waals surface area contributed by atoms with Crippen molar-refractivity contribution in [3.05, 3.63) is 35.4 Å². The van der Waals surface area contributed by atoms with Gasteiger partial charge in [-0.1, -0.05) is 24.3 Å². The molecule has 4 bridgehead atoms. The number of amides is 1. The van der Waals surface area contributed by atoms with Gasteiger partial charge in [0.1, 0.15) is 0 Å². The molecule has 1 aromatic carbocycles. The van der Waals surface area contributed by atoms with E-state index in [9.17, 15) is 4.79 Å². The summed E-state index contributed by atoms with van der Waals surface area (Å²) in [5.74, 6) is 3.86. The zero-order chi connectivity index (χ0) is 16.0. The monoisotopic (exact) mass is 311 g/mol. The molecule has 0 N–H and O–H groups in total. The first-order valence-electron chi connectivity index (χ1n) is 9.49. The first-order chi connectivity index (χ1) is 11.2. The molecule has 4 fully saturated rings. The number of benzene rings is 1. The predicted octanol–water partition coefficient (Wildman–Crippen LogP) is 4.21. The topological polar surface area (TPSA) is 20.3 Å². The van der Waals surface area contributed by atoms with Gasteiger partial charge in [0.15, 0.2) is 0 Å². The van der Waals surface area contributed by atoms with E-state index in [1.54, 1.807) is 0 Å². The summed E-state index contributed by atoms with van der Waals surface area (Å²) in [6.07, 6.45) is 7.57. The van der Waals surface area contributed by atoms with Crippen LogP contribution in [0.1, 0.15) is 50.2 Å². The molecule has 2 heteroatoms. The summed E-state index contributed by atoms with van der Waals surface area (Å²) < 4.78 is 0. The van der Waals surface area contributed by atoms with Crippen LogP contribution >= 0.6 is 0 Å². The van der Waals surface area contributed by atoms with Crippen molar-refractivity contribution in [2.45, 2.75) is 58.4 Å². The lowest BCUT2D eigenvalue weighted by atomic mass is 9.54. The molecule has 0 radical (unpaired) electrons. The van der Waals surface area contributed by atoms with Crippen molar-refractivity contribution in [1.29, 1.82) is 0 Å². The Balaban J connectivity index is 1.52. The molecule has 0 unspecified atom stereocenters. The van der Waals surface area contributed by atoms with Crippen molar-refractivity contribution in [3.8, 4) is 0 Å². The van der Waals surface area contributed by atoms with Crippen LogP contribution in [0.2, 0.25) is 0 Å². The maximum absolute atomic E-state index is 13.0. The maximum atomic E-state index is 13.0. The van der Waals surface area contributed by atoms with E-state index in [1.807, 2.05) is 0 Å². The molecule has 0 aromatic heterocycles. The molecule has 0 atom stereocenters. The Labute approximate surface area is 140 Å². The van der Waals surface area contributed by atoms with Gasteiger partial charge in [-0.2, -0.15) is 0 Å². The highest BCUT2D eigenvalue weighted by molar-refractivity contribution is 5.79. The van der Waals surface area contributed by atoms with Gasteiger partial charge in [0.05, 0.1) is 6.42 Å². The van der Waals surface area contributed by atoms with E-state index < -0.39 is 0 Å². The van der Waals surface area contributed by atoms with Crippen LogP contribution in [0, 0.1) is 30.6 Å². The Hall–Kier alpha value is -1.31. The minimum atomic E-state index is 0.347. The Morgan fingerprint density at radius 3 is 2.22 bits per heavy atom. The highest BCUT2D eigenvalue weighted by Gasteiger charge is 2.50. The minimum Gasteiger partial charge on any atom is -0.339 e. The standard InChI is InChI=1S/C21H29NO/c1-3-22(20(23)13-17-7-5-4-6-14(17)2)21-18-9-15-8-16(11-18)12-19(21)10-15/h4-7,15-16,18-19,21H,3,8-13H2,1-2H3. The van der Waals surface area contributed by atoms with Gasteiger partial charge in [0, 0.05) is 12.6 Å². The quantitative estimate of drug-likeness (QED) is 0.815. The van der Waals surface area contributed by atoms with Crippen LogP contribution in [-0.2, 0) is 11.2 Å². The van der Waals surface area contributed by atoms with Crippen LogP contribution in [0.15, 0.2) is 24.3 Å². The Bertz CT molecular complexity index is 565. The van der Waals surface area contributed by atoms with Gasteiger partial charge in [0.25, 0.3) is 0 Å². The molecule has 1 aromatic rings. The zero-order valence-electron chi connectivity index (χ0n) is 14.5.